The molecule has 0 aromatic rings. The van der Waals surface area contributed by atoms with Crippen LogP contribution >= 0.6 is 0 Å². The molecule has 0 unspecified atom stereocenters. The lowest BCUT2D eigenvalue weighted by molar-refractivity contribution is -0.137. The molecular weight excluding hydrogens is 344 g/mol. The summed E-state index contributed by atoms with van der Waals surface area (Å²) in [5.74, 6) is 0.928. The number of hydrogen-bond donors (Lipinski definition) is 1. The third-order valence-electron chi connectivity index (χ3n) is 7.14. The summed E-state index contributed by atoms with van der Waals surface area (Å²) >= 11 is 0. The molecule has 7 nitrogen and oxygen atoms in total. The lowest BCUT2D eigenvalue weighted by atomic mass is 9.86. The lowest BCUT2D eigenvalue weighted by Crippen LogP contribution is -2.56. The van der Waals surface area contributed by atoms with E-state index in [2.05, 4.69) is 31.0 Å². The van der Waals surface area contributed by atoms with Gasteiger partial charge < -0.3 is 15.1 Å². The van der Waals surface area contributed by atoms with E-state index in [1.54, 1.807) is 0 Å². The van der Waals surface area contributed by atoms with Gasteiger partial charge in [-0.05, 0) is 51.9 Å². The van der Waals surface area contributed by atoms with Crippen molar-refractivity contribution in [3.05, 3.63) is 0 Å². The Morgan fingerprint density at radius 1 is 1.11 bits per heavy atom. The minimum atomic E-state index is -0.709. The van der Waals surface area contributed by atoms with Crippen molar-refractivity contribution < 1.29 is 14.4 Å². The zero-order valence-corrected chi connectivity index (χ0v) is 16.7. The van der Waals surface area contributed by atoms with Crippen LogP contribution in [0.1, 0.15) is 52.9 Å². The van der Waals surface area contributed by atoms with E-state index < -0.39 is 5.54 Å². The van der Waals surface area contributed by atoms with Gasteiger partial charge in [-0.25, -0.2) is 4.79 Å². The SMILES string of the molecule is CC(C)N1CCC2(CC1)NC(=O)N(C1CCN(C(=O)[C@H]3C[C@H]3C)CC1)C2=O. The maximum atomic E-state index is 13.2. The zero-order valence-electron chi connectivity index (χ0n) is 16.7. The molecule has 27 heavy (non-hydrogen) atoms. The van der Waals surface area contributed by atoms with Crippen molar-refractivity contribution in [2.24, 2.45) is 11.8 Å². The number of rotatable bonds is 3. The Morgan fingerprint density at radius 3 is 2.22 bits per heavy atom. The second-order valence-electron chi connectivity index (χ2n) is 9.19. The summed E-state index contributed by atoms with van der Waals surface area (Å²) < 4.78 is 0. The molecule has 0 radical (unpaired) electrons. The summed E-state index contributed by atoms with van der Waals surface area (Å²) in [7, 11) is 0. The molecule has 4 aliphatic rings. The van der Waals surface area contributed by atoms with Gasteiger partial charge in [0, 0.05) is 44.2 Å². The third kappa shape index (κ3) is 3.24. The van der Waals surface area contributed by atoms with Gasteiger partial charge in [-0.1, -0.05) is 6.92 Å². The molecule has 1 N–H and O–H groups in total. The summed E-state index contributed by atoms with van der Waals surface area (Å²) in [4.78, 5) is 44.0. The number of piperidine rings is 2. The molecular formula is C20H32N4O3. The number of nitrogens with zero attached hydrogens (tertiary/aromatic N) is 3. The van der Waals surface area contributed by atoms with Crippen molar-refractivity contribution >= 4 is 17.8 Å². The highest BCUT2D eigenvalue weighted by molar-refractivity contribution is 6.07. The number of nitrogens with one attached hydrogen (secondary N) is 1. The van der Waals surface area contributed by atoms with Crippen molar-refractivity contribution in [2.75, 3.05) is 26.2 Å². The number of likely N-dealkylation sites (tertiary alicyclic amines) is 2. The summed E-state index contributed by atoms with van der Waals surface area (Å²) in [5, 5.41) is 3.02. The largest absolute Gasteiger partial charge is 0.342 e. The van der Waals surface area contributed by atoms with Gasteiger partial charge in [0.15, 0.2) is 0 Å². The Morgan fingerprint density at radius 2 is 1.70 bits per heavy atom. The third-order valence-corrected chi connectivity index (χ3v) is 7.14. The Balaban J connectivity index is 1.37. The normalized spacial score (nSPS) is 31.7. The molecule has 0 bridgehead atoms. The number of hydrogen-bond acceptors (Lipinski definition) is 4. The maximum absolute atomic E-state index is 13.2. The van der Waals surface area contributed by atoms with Gasteiger partial charge in [0.25, 0.3) is 5.91 Å². The van der Waals surface area contributed by atoms with Crippen LogP contribution in [-0.4, -0.2) is 76.3 Å². The van der Waals surface area contributed by atoms with Crippen molar-refractivity contribution in [3.63, 3.8) is 0 Å². The van der Waals surface area contributed by atoms with E-state index in [4.69, 9.17) is 0 Å². The monoisotopic (exact) mass is 376 g/mol. The predicted octanol–water partition coefficient (Wildman–Crippen LogP) is 1.43. The fraction of sp³-hybridized carbons (Fsp3) is 0.850. The number of imide groups is 1. The molecule has 3 saturated heterocycles. The molecule has 4 rings (SSSR count). The Labute approximate surface area is 161 Å². The van der Waals surface area contributed by atoms with Crippen LogP contribution in [0.2, 0.25) is 0 Å². The second kappa shape index (κ2) is 6.76. The average molecular weight is 377 g/mol. The fourth-order valence-electron chi connectivity index (χ4n) is 4.98. The first-order valence-corrected chi connectivity index (χ1v) is 10.5. The molecule has 0 aromatic carbocycles. The van der Waals surface area contributed by atoms with Crippen LogP contribution in [0.3, 0.4) is 0 Å². The Hall–Kier alpha value is -1.63. The Bertz CT molecular complexity index is 633. The number of urea groups is 1. The van der Waals surface area contributed by atoms with E-state index in [0.717, 1.165) is 19.5 Å². The summed E-state index contributed by atoms with van der Waals surface area (Å²) in [5.41, 5.74) is -0.709. The molecule has 3 aliphatic heterocycles. The number of carbonyl (C=O) groups is 3. The van der Waals surface area contributed by atoms with Gasteiger partial charge in [0.2, 0.25) is 5.91 Å². The van der Waals surface area contributed by atoms with Gasteiger partial charge >= 0.3 is 6.03 Å². The highest BCUT2D eigenvalue weighted by Gasteiger charge is 2.54. The highest BCUT2D eigenvalue weighted by Crippen LogP contribution is 2.40. The first kappa shape index (κ1) is 18.7. The minimum absolute atomic E-state index is 0.0449. The van der Waals surface area contributed by atoms with E-state index >= 15 is 0 Å². The fourth-order valence-corrected chi connectivity index (χ4v) is 4.98. The predicted molar refractivity (Wildman–Crippen MR) is 101 cm³/mol. The molecule has 0 aromatic heterocycles. The molecule has 2 atom stereocenters. The molecule has 4 amide bonds. The molecule has 1 aliphatic carbocycles. The second-order valence-corrected chi connectivity index (χ2v) is 9.19. The van der Waals surface area contributed by atoms with Crippen LogP contribution in [0.15, 0.2) is 0 Å². The molecule has 150 valence electrons. The van der Waals surface area contributed by atoms with Crippen molar-refractivity contribution in [3.8, 4) is 0 Å². The van der Waals surface area contributed by atoms with Crippen LogP contribution < -0.4 is 5.32 Å². The zero-order chi connectivity index (χ0) is 19.3. The minimum Gasteiger partial charge on any atom is -0.342 e. The lowest BCUT2D eigenvalue weighted by Gasteiger charge is -2.40. The first-order chi connectivity index (χ1) is 12.8. The highest BCUT2D eigenvalue weighted by atomic mass is 16.2. The summed E-state index contributed by atoms with van der Waals surface area (Å²) in [6.07, 6.45) is 3.76. The van der Waals surface area contributed by atoms with E-state index in [0.29, 0.717) is 50.7 Å². The van der Waals surface area contributed by atoms with Crippen molar-refractivity contribution in [1.29, 1.82) is 0 Å². The van der Waals surface area contributed by atoms with Crippen LogP contribution in [0.5, 0.6) is 0 Å². The molecule has 1 spiro atoms. The van der Waals surface area contributed by atoms with Crippen LogP contribution in [0.4, 0.5) is 4.79 Å². The van der Waals surface area contributed by atoms with Crippen LogP contribution in [0.25, 0.3) is 0 Å². The first-order valence-electron chi connectivity index (χ1n) is 10.5. The van der Waals surface area contributed by atoms with E-state index in [-0.39, 0.29) is 29.8 Å². The maximum Gasteiger partial charge on any atom is 0.325 e. The van der Waals surface area contributed by atoms with E-state index in [9.17, 15) is 14.4 Å². The van der Waals surface area contributed by atoms with Gasteiger partial charge in [0.05, 0.1) is 0 Å². The van der Waals surface area contributed by atoms with E-state index in [1.807, 2.05) is 4.90 Å². The van der Waals surface area contributed by atoms with Crippen LogP contribution in [0, 0.1) is 11.8 Å². The quantitative estimate of drug-likeness (QED) is 0.757. The molecule has 4 fully saturated rings. The van der Waals surface area contributed by atoms with E-state index in [1.165, 1.54) is 4.90 Å². The van der Waals surface area contributed by atoms with Gasteiger partial charge in [0.1, 0.15) is 5.54 Å². The number of amides is 4. The molecule has 3 heterocycles. The molecule has 1 saturated carbocycles. The summed E-state index contributed by atoms with van der Waals surface area (Å²) in [6, 6.07) is 0.140. The smallest absolute Gasteiger partial charge is 0.325 e. The Kier molecular flexibility index (Phi) is 4.69. The summed E-state index contributed by atoms with van der Waals surface area (Å²) in [6.45, 7) is 9.42. The molecule has 7 heteroatoms. The van der Waals surface area contributed by atoms with Crippen LogP contribution in [-0.2, 0) is 9.59 Å². The van der Waals surface area contributed by atoms with Gasteiger partial charge in [-0.2, -0.15) is 0 Å². The topological polar surface area (TPSA) is 73.0 Å². The van der Waals surface area contributed by atoms with Gasteiger partial charge in [-0.3, -0.25) is 14.5 Å². The standard InChI is InChI=1S/C20H32N4O3/c1-13(2)22-10-6-20(7-11-22)18(26)24(19(27)21-20)15-4-8-23(9-5-15)17(25)16-12-14(16)3/h13-16H,4-12H2,1-3H3,(H,21,27)/t14-,16+/m1/s1. The average Bonchev–Trinajstić information content (AvgIpc) is 3.33. The van der Waals surface area contributed by atoms with Crippen molar-refractivity contribution in [1.82, 2.24) is 20.0 Å². The van der Waals surface area contributed by atoms with Gasteiger partial charge in [-0.15, -0.1) is 0 Å². The number of carbonyl (C=O) groups excluding carboxylic acids is 3. The van der Waals surface area contributed by atoms with Crippen molar-refractivity contribution in [2.45, 2.75) is 70.5 Å².